The fraction of sp³-hybridized carbons (Fsp3) is 0.294. The second-order valence-electron chi connectivity index (χ2n) is 5.05. The zero-order valence-corrected chi connectivity index (χ0v) is 11.8. The third kappa shape index (κ3) is 2.31. The summed E-state index contributed by atoms with van der Waals surface area (Å²) in [6.45, 7) is 0.981. The molecule has 0 amide bonds. The van der Waals surface area contributed by atoms with Gasteiger partial charge in [-0.25, -0.2) is 0 Å². The minimum Gasteiger partial charge on any atom is -0.497 e. The highest BCUT2D eigenvalue weighted by molar-refractivity contribution is 5.58. The number of benzene rings is 2. The summed E-state index contributed by atoms with van der Waals surface area (Å²) in [5, 5.41) is 3.46. The first-order valence-electron chi connectivity index (χ1n) is 6.85. The Balaban J connectivity index is 1.86. The Hall–Kier alpha value is -2.16. The first kappa shape index (κ1) is 12.9. The van der Waals surface area contributed by atoms with E-state index in [1.807, 2.05) is 12.1 Å². The smallest absolute Gasteiger partial charge is 0.125 e. The van der Waals surface area contributed by atoms with Gasteiger partial charge in [-0.3, -0.25) is 0 Å². The third-order valence-electron chi connectivity index (χ3n) is 3.90. The molecule has 1 aliphatic rings. The van der Waals surface area contributed by atoms with Crippen LogP contribution in [0.3, 0.4) is 0 Å². The van der Waals surface area contributed by atoms with E-state index >= 15 is 0 Å². The number of hydrogen-bond donors (Lipinski definition) is 1. The van der Waals surface area contributed by atoms with Gasteiger partial charge in [-0.15, -0.1) is 0 Å². The maximum Gasteiger partial charge on any atom is 0.125 e. The van der Waals surface area contributed by atoms with Crippen molar-refractivity contribution < 1.29 is 9.47 Å². The van der Waals surface area contributed by atoms with Crippen molar-refractivity contribution in [2.24, 2.45) is 0 Å². The van der Waals surface area contributed by atoms with Crippen LogP contribution in [-0.4, -0.2) is 20.8 Å². The fourth-order valence-electron chi connectivity index (χ4n) is 2.83. The van der Waals surface area contributed by atoms with Crippen LogP contribution in [0.15, 0.2) is 42.5 Å². The van der Waals surface area contributed by atoms with Crippen LogP contribution in [0, 0.1) is 0 Å². The van der Waals surface area contributed by atoms with Crippen molar-refractivity contribution in [2.45, 2.75) is 12.3 Å². The molecule has 3 rings (SSSR count). The van der Waals surface area contributed by atoms with Crippen molar-refractivity contribution >= 4 is 5.69 Å². The average molecular weight is 269 g/mol. The summed E-state index contributed by atoms with van der Waals surface area (Å²) >= 11 is 0. The van der Waals surface area contributed by atoms with Crippen molar-refractivity contribution in [2.75, 3.05) is 26.1 Å². The zero-order chi connectivity index (χ0) is 13.9. The van der Waals surface area contributed by atoms with Gasteiger partial charge in [0.2, 0.25) is 0 Å². The van der Waals surface area contributed by atoms with E-state index in [2.05, 4.69) is 35.6 Å². The number of nitrogens with one attached hydrogen (secondary N) is 1. The van der Waals surface area contributed by atoms with E-state index in [1.54, 1.807) is 14.2 Å². The lowest BCUT2D eigenvalue weighted by atomic mass is 9.93. The number of rotatable bonds is 4. The highest BCUT2D eigenvalue weighted by Crippen LogP contribution is 2.36. The van der Waals surface area contributed by atoms with Crippen molar-refractivity contribution in [3.05, 3.63) is 53.6 Å². The molecule has 104 valence electrons. The first-order valence-corrected chi connectivity index (χ1v) is 6.85. The van der Waals surface area contributed by atoms with Gasteiger partial charge in [0, 0.05) is 24.2 Å². The Morgan fingerprint density at radius 3 is 2.75 bits per heavy atom. The minimum atomic E-state index is 0.494. The molecule has 2 aromatic rings. The molecule has 0 spiro atoms. The third-order valence-corrected chi connectivity index (χ3v) is 3.90. The van der Waals surface area contributed by atoms with Gasteiger partial charge in [0.1, 0.15) is 11.5 Å². The maximum atomic E-state index is 5.49. The topological polar surface area (TPSA) is 30.5 Å². The number of ether oxygens (including phenoxy) is 2. The van der Waals surface area contributed by atoms with Crippen molar-refractivity contribution in [3.63, 3.8) is 0 Å². The van der Waals surface area contributed by atoms with Crippen molar-refractivity contribution in [1.82, 2.24) is 0 Å². The molecular formula is C17H19NO2. The number of fused-ring (bicyclic) bond motifs is 1. The van der Waals surface area contributed by atoms with Crippen LogP contribution in [0.4, 0.5) is 5.69 Å². The number of anilines is 1. The standard InChI is InChI=1S/C17H19NO2/c1-19-14-8-7-12(17(10-14)20-2)9-13-11-18-16-6-4-3-5-15(13)16/h3-8,10,13,18H,9,11H2,1-2H3. The second-order valence-corrected chi connectivity index (χ2v) is 5.05. The van der Waals surface area contributed by atoms with Gasteiger partial charge in [0.05, 0.1) is 14.2 Å². The lowest BCUT2D eigenvalue weighted by molar-refractivity contribution is 0.390. The van der Waals surface area contributed by atoms with E-state index in [1.165, 1.54) is 16.8 Å². The van der Waals surface area contributed by atoms with Crippen LogP contribution < -0.4 is 14.8 Å². The SMILES string of the molecule is COc1ccc(CC2CNc3ccccc32)c(OC)c1. The predicted molar refractivity (Wildman–Crippen MR) is 80.9 cm³/mol. The van der Waals surface area contributed by atoms with E-state index in [-0.39, 0.29) is 0 Å². The van der Waals surface area contributed by atoms with Crippen LogP contribution in [0.2, 0.25) is 0 Å². The molecule has 1 unspecified atom stereocenters. The summed E-state index contributed by atoms with van der Waals surface area (Å²) in [5.74, 6) is 2.22. The normalized spacial score (nSPS) is 16.4. The van der Waals surface area contributed by atoms with Gasteiger partial charge >= 0.3 is 0 Å². The molecule has 3 heteroatoms. The quantitative estimate of drug-likeness (QED) is 0.922. The molecule has 2 aromatic carbocycles. The van der Waals surface area contributed by atoms with E-state index in [0.29, 0.717) is 5.92 Å². The molecule has 1 N–H and O–H groups in total. The molecule has 1 heterocycles. The number of para-hydroxylation sites is 1. The largest absolute Gasteiger partial charge is 0.497 e. The van der Waals surface area contributed by atoms with Gasteiger partial charge in [-0.05, 0) is 29.7 Å². The molecule has 1 aliphatic heterocycles. The molecule has 0 radical (unpaired) electrons. The van der Waals surface area contributed by atoms with Crippen molar-refractivity contribution in [1.29, 1.82) is 0 Å². The lowest BCUT2D eigenvalue weighted by Crippen LogP contribution is -2.06. The number of methoxy groups -OCH3 is 2. The highest BCUT2D eigenvalue weighted by atomic mass is 16.5. The number of hydrogen-bond acceptors (Lipinski definition) is 3. The molecule has 0 aromatic heterocycles. The van der Waals surface area contributed by atoms with Crippen molar-refractivity contribution in [3.8, 4) is 11.5 Å². The summed E-state index contributed by atoms with van der Waals surface area (Å²) in [6, 6.07) is 14.6. The molecule has 3 nitrogen and oxygen atoms in total. The van der Waals surface area contributed by atoms with Gasteiger partial charge in [-0.2, -0.15) is 0 Å². The fourth-order valence-corrected chi connectivity index (χ4v) is 2.83. The Morgan fingerprint density at radius 1 is 1.10 bits per heavy atom. The van der Waals surface area contributed by atoms with Crippen LogP contribution in [0.1, 0.15) is 17.0 Å². The van der Waals surface area contributed by atoms with Crippen LogP contribution in [-0.2, 0) is 6.42 Å². The molecule has 0 aliphatic carbocycles. The Morgan fingerprint density at radius 2 is 1.95 bits per heavy atom. The van der Waals surface area contributed by atoms with Gasteiger partial charge in [0.25, 0.3) is 0 Å². The lowest BCUT2D eigenvalue weighted by Gasteiger charge is -2.14. The Labute approximate surface area is 119 Å². The van der Waals surface area contributed by atoms with E-state index in [0.717, 1.165) is 24.5 Å². The van der Waals surface area contributed by atoms with E-state index < -0.39 is 0 Å². The molecule has 20 heavy (non-hydrogen) atoms. The Bertz CT molecular complexity index is 610. The van der Waals surface area contributed by atoms with Crippen LogP contribution in [0.5, 0.6) is 11.5 Å². The molecule has 0 saturated carbocycles. The van der Waals surface area contributed by atoms with Gasteiger partial charge in [-0.1, -0.05) is 24.3 Å². The molecule has 0 bridgehead atoms. The second kappa shape index (κ2) is 5.45. The monoisotopic (exact) mass is 269 g/mol. The van der Waals surface area contributed by atoms with Gasteiger partial charge in [0.15, 0.2) is 0 Å². The highest BCUT2D eigenvalue weighted by Gasteiger charge is 2.22. The Kier molecular flexibility index (Phi) is 3.50. The van der Waals surface area contributed by atoms with Crippen LogP contribution in [0.25, 0.3) is 0 Å². The van der Waals surface area contributed by atoms with Gasteiger partial charge < -0.3 is 14.8 Å². The molecule has 1 atom stereocenters. The van der Waals surface area contributed by atoms with Crippen LogP contribution >= 0.6 is 0 Å². The summed E-state index contributed by atoms with van der Waals surface area (Å²) in [5.41, 5.74) is 3.87. The summed E-state index contributed by atoms with van der Waals surface area (Å²) in [6.07, 6.45) is 0.969. The van der Waals surface area contributed by atoms with E-state index in [4.69, 9.17) is 9.47 Å². The zero-order valence-electron chi connectivity index (χ0n) is 11.8. The van der Waals surface area contributed by atoms with E-state index in [9.17, 15) is 0 Å². The molecular weight excluding hydrogens is 250 g/mol. The minimum absolute atomic E-state index is 0.494. The molecule has 0 fully saturated rings. The predicted octanol–water partition coefficient (Wildman–Crippen LogP) is 3.46. The summed E-state index contributed by atoms with van der Waals surface area (Å²) in [7, 11) is 3.38. The summed E-state index contributed by atoms with van der Waals surface area (Å²) in [4.78, 5) is 0. The molecule has 0 saturated heterocycles. The maximum absolute atomic E-state index is 5.49. The first-order chi connectivity index (χ1) is 9.81. The average Bonchev–Trinajstić information content (AvgIpc) is 2.91. The summed E-state index contributed by atoms with van der Waals surface area (Å²) < 4.78 is 10.7.